The Morgan fingerprint density at radius 3 is 2.88 bits per heavy atom. The predicted molar refractivity (Wildman–Crippen MR) is 68.2 cm³/mol. The van der Waals surface area contributed by atoms with E-state index in [-0.39, 0.29) is 0 Å². The number of ether oxygens (including phenoxy) is 1. The average Bonchev–Trinajstić information content (AvgIpc) is 2.30. The van der Waals surface area contributed by atoms with Crippen LogP contribution >= 0.6 is 11.8 Å². The van der Waals surface area contributed by atoms with Crippen molar-refractivity contribution in [1.29, 1.82) is 0 Å². The summed E-state index contributed by atoms with van der Waals surface area (Å²) in [5.41, 5.74) is 6.50. The van der Waals surface area contributed by atoms with E-state index in [1.807, 2.05) is 25.1 Å². The molecule has 0 amide bonds. The molecule has 5 heteroatoms. The Labute approximate surface area is 104 Å². The van der Waals surface area contributed by atoms with Crippen molar-refractivity contribution in [1.82, 2.24) is 9.97 Å². The lowest BCUT2D eigenvalue weighted by molar-refractivity contribution is 0.339. The second kappa shape index (κ2) is 5.54. The molecule has 0 fully saturated rings. The number of nitrogen functional groups attached to an aromatic ring is 1. The van der Waals surface area contributed by atoms with Gasteiger partial charge in [0.25, 0.3) is 0 Å². The van der Waals surface area contributed by atoms with Crippen LogP contribution in [0, 0.1) is 0 Å². The molecule has 0 radical (unpaired) electrons. The lowest BCUT2D eigenvalue weighted by Crippen LogP contribution is -1.94. The summed E-state index contributed by atoms with van der Waals surface area (Å²) >= 11 is 1.51. The zero-order chi connectivity index (χ0) is 12.1. The Kier molecular flexibility index (Phi) is 3.82. The molecule has 0 atom stereocenters. The maximum Gasteiger partial charge on any atom is 0.122 e. The van der Waals surface area contributed by atoms with E-state index in [4.69, 9.17) is 10.5 Å². The predicted octanol–water partition coefficient (Wildman–Crippen LogP) is 2.61. The van der Waals surface area contributed by atoms with E-state index in [0.717, 1.165) is 15.7 Å². The first kappa shape index (κ1) is 11.7. The molecule has 0 spiro atoms. The highest BCUT2D eigenvalue weighted by Crippen LogP contribution is 2.30. The van der Waals surface area contributed by atoms with Gasteiger partial charge in [0, 0.05) is 29.0 Å². The van der Waals surface area contributed by atoms with Crippen LogP contribution in [0.15, 0.2) is 46.7 Å². The van der Waals surface area contributed by atoms with Crippen molar-refractivity contribution in [2.24, 2.45) is 0 Å². The summed E-state index contributed by atoms with van der Waals surface area (Å²) in [7, 11) is 0. The summed E-state index contributed by atoms with van der Waals surface area (Å²) in [5.74, 6) is 0.777. The van der Waals surface area contributed by atoms with Gasteiger partial charge in [0.2, 0.25) is 0 Å². The largest absolute Gasteiger partial charge is 0.494 e. The number of aromatic nitrogens is 2. The number of nitrogens with two attached hydrogens (primary N) is 1. The molecule has 0 saturated heterocycles. The minimum atomic E-state index is 0.624. The maximum atomic E-state index is 5.81. The summed E-state index contributed by atoms with van der Waals surface area (Å²) in [4.78, 5) is 9.21. The second-order valence-electron chi connectivity index (χ2n) is 3.32. The van der Waals surface area contributed by atoms with Crippen molar-refractivity contribution < 1.29 is 4.74 Å². The van der Waals surface area contributed by atoms with Gasteiger partial charge in [-0.1, -0.05) is 11.8 Å². The first-order valence-corrected chi connectivity index (χ1v) is 6.07. The van der Waals surface area contributed by atoms with Gasteiger partial charge >= 0.3 is 0 Å². The Morgan fingerprint density at radius 1 is 1.29 bits per heavy atom. The topological polar surface area (TPSA) is 61.0 Å². The molecule has 2 rings (SSSR count). The van der Waals surface area contributed by atoms with Gasteiger partial charge in [0.1, 0.15) is 10.8 Å². The van der Waals surface area contributed by atoms with Crippen molar-refractivity contribution in [3.05, 3.63) is 36.8 Å². The third kappa shape index (κ3) is 3.35. The van der Waals surface area contributed by atoms with Crippen LogP contribution in [0.1, 0.15) is 6.92 Å². The Balaban J connectivity index is 2.21. The molecule has 0 bridgehead atoms. The molecule has 2 N–H and O–H groups in total. The maximum absolute atomic E-state index is 5.81. The molecule has 1 aromatic carbocycles. The van der Waals surface area contributed by atoms with Gasteiger partial charge in [-0.2, -0.15) is 0 Å². The Bertz CT molecular complexity index is 490. The van der Waals surface area contributed by atoms with Crippen molar-refractivity contribution in [3.8, 4) is 5.75 Å². The van der Waals surface area contributed by atoms with Crippen LogP contribution in [0.2, 0.25) is 0 Å². The highest BCUT2D eigenvalue weighted by molar-refractivity contribution is 7.99. The van der Waals surface area contributed by atoms with E-state index in [1.54, 1.807) is 18.6 Å². The number of hydrogen-bond acceptors (Lipinski definition) is 5. The summed E-state index contributed by atoms with van der Waals surface area (Å²) in [6.45, 7) is 2.57. The SMILES string of the molecule is CCOc1cc(N)cc(Sc2cnccn2)c1. The number of anilines is 1. The molecule has 0 aliphatic heterocycles. The second-order valence-corrected chi connectivity index (χ2v) is 4.41. The number of rotatable bonds is 4. The summed E-state index contributed by atoms with van der Waals surface area (Å²) in [6, 6.07) is 5.64. The van der Waals surface area contributed by atoms with Crippen LogP contribution < -0.4 is 10.5 Å². The molecule has 88 valence electrons. The standard InChI is InChI=1S/C12H13N3OS/c1-2-16-10-5-9(13)6-11(7-10)17-12-8-14-3-4-15-12/h3-8H,2,13H2,1H3. The first-order chi connectivity index (χ1) is 8.28. The van der Waals surface area contributed by atoms with E-state index < -0.39 is 0 Å². The third-order valence-electron chi connectivity index (χ3n) is 1.98. The zero-order valence-electron chi connectivity index (χ0n) is 9.46. The Morgan fingerprint density at radius 2 is 2.18 bits per heavy atom. The van der Waals surface area contributed by atoms with Crippen LogP contribution in [-0.4, -0.2) is 16.6 Å². The lowest BCUT2D eigenvalue weighted by Gasteiger charge is -2.07. The summed E-state index contributed by atoms with van der Waals surface area (Å²) < 4.78 is 5.44. The van der Waals surface area contributed by atoms with E-state index in [1.165, 1.54) is 11.8 Å². The van der Waals surface area contributed by atoms with Gasteiger partial charge in [0.15, 0.2) is 0 Å². The van der Waals surface area contributed by atoms with Crippen LogP contribution in [-0.2, 0) is 0 Å². The van der Waals surface area contributed by atoms with Crippen molar-refractivity contribution in [2.75, 3.05) is 12.3 Å². The zero-order valence-corrected chi connectivity index (χ0v) is 10.3. The Hall–Kier alpha value is -1.75. The van der Waals surface area contributed by atoms with Gasteiger partial charge < -0.3 is 10.5 Å². The molecule has 2 aromatic rings. The smallest absolute Gasteiger partial charge is 0.122 e. The normalized spacial score (nSPS) is 10.2. The van der Waals surface area contributed by atoms with Crippen LogP contribution in [0.25, 0.3) is 0 Å². The average molecular weight is 247 g/mol. The summed E-state index contributed by atoms with van der Waals surface area (Å²) in [6.07, 6.45) is 5.03. The first-order valence-electron chi connectivity index (χ1n) is 5.25. The molecule has 0 saturated carbocycles. The summed E-state index contributed by atoms with van der Waals surface area (Å²) in [5, 5.41) is 0.834. The van der Waals surface area contributed by atoms with Crippen molar-refractivity contribution >= 4 is 17.4 Å². The molecule has 17 heavy (non-hydrogen) atoms. The van der Waals surface area contributed by atoms with Crippen LogP contribution in [0.3, 0.4) is 0 Å². The molecule has 0 aliphatic rings. The molecular weight excluding hydrogens is 234 g/mol. The third-order valence-corrected chi connectivity index (χ3v) is 2.87. The number of hydrogen-bond donors (Lipinski definition) is 1. The van der Waals surface area contributed by atoms with Gasteiger partial charge in [-0.05, 0) is 19.1 Å². The van der Waals surface area contributed by atoms with Gasteiger partial charge in [-0.15, -0.1) is 0 Å². The fourth-order valence-corrected chi connectivity index (χ4v) is 2.20. The highest BCUT2D eigenvalue weighted by atomic mass is 32.2. The monoisotopic (exact) mass is 247 g/mol. The van der Waals surface area contributed by atoms with Gasteiger partial charge in [-0.25, -0.2) is 4.98 Å². The molecule has 4 nitrogen and oxygen atoms in total. The van der Waals surface area contributed by atoms with Crippen LogP contribution in [0.5, 0.6) is 5.75 Å². The molecule has 0 unspecified atom stereocenters. The van der Waals surface area contributed by atoms with Gasteiger partial charge in [-0.3, -0.25) is 4.98 Å². The number of nitrogens with zero attached hydrogens (tertiary/aromatic N) is 2. The van der Waals surface area contributed by atoms with E-state index in [2.05, 4.69) is 9.97 Å². The minimum absolute atomic E-state index is 0.624. The van der Waals surface area contributed by atoms with E-state index >= 15 is 0 Å². The van der Waals surface area contributed by atoms with E-state index in [9.17, 15) is 0 Å². The van der Waals surface area contributed by atoms with Crippen molar-refractivity contribution in [3.63, 3.8) is 0 Å². The van der Waals surface area contributed by atoms with Crippen molar-refractivity contribution in [2.45, 2.75) is 16.8 Å². The lowest BCUT2D eigenvalue weighted by atomic mass is 10.3. The quantitative estimate of drug-likeness (QED) is 0.841. The van der Waals surface area contributed by atoms with Gasteiger partial charge in [0.05, 0.1) is 12.8 Å². The highest BCUT2D eigenvalue weighted by Gasteiger charge is 2.03. The molecule has 1 heterocycles. The number of benzene rings is 1. The van der Waals surface area contributed by atoms with E-state index in [0.29, 0.717) is 12.3 Å². The van der Waals surface area contributed by atoms with Crippen LogP contribution in [0.4, 0.5) is 5.69 Å². The minimum Gasteiger partial charge on any atom is -0.494 e. The fourth-order valence-electron chi connectivity index (χ4n) is 1.36. The molecule has 0 aliphatic carbocycles. The fraction of sp³-hybridized carbons (Fsp3) is 0.167. The molecule has 1 aromatic heterocycles. The molecular formula is C12H13N3OS.